The minimum atomic E-state index is -0.128. The van der Waals surface area contributed by atoms with E-state index in [1.807, 2.05) is 72.1 Å². The largest absolute Gasteiger partial charge is 0.275 e. The Morgan fingerprint density at radius 3 is 2.46 bits per heavy atom. The zero-order valence-corrected chi connectivity index (χ0v) is 15.6. The highest BCUT2D eigenvalue weighted by Crippen LogP contribution is 2.28. The van der Waals surface area contributed by atoms with E-state index in [-0.39, 0.29) is 12.1 Å². The molecule has 0 saturated heterocycles. The SMILES string of the molecule is O=c1c2ccccc2c(-c2cccs2)nn1Cc1cnnn1-c1ccccc1. The summed E-state index contributed by atoms with van der Waals surface area (Å²) in [6.07, 6.45) is 1.67. The summed E-state index contributed by atoms with van der Waals surface area (Å²) < 4.78 is 3.23. The minimum Gasteiger partial charge on any atom is -0.267 e. The van der Waals surface area contributed by atoms with E-state index in [1.54, 1.807) is 22.2 Å². The van der Waals surface area contributed by atoms with Crippen LogP contribution in [0.4, 0.5) is 0 Å². The Morgan fingerprint density at radius 1 is 0.893 bits per heavy atom. The number of rotatable bonds is 4. The highest BCUT2D eigenvalue weighted by atomic mass is 32.1. The highest BCUT2D eigenvalue weighted by Gasteiger charge is 2.15. The number of para-hydroxylation sites is 1. The highest BCUT2D eigenvalue weighted by molar-refractivity contribution is 7.13. The van der Waals surface area contributed by atoms with E-state index in [0.29, 0.717) is 5.39 Å². The summed E-state index contributed by atoms with van der Waals surface area (Å²) in [5, 5.41) is 16.4. The molecular formula is C21H15N5OS. The first-order valence-corrected chi connectivity index (χ1v) is 9.68. The van der Waals surface area contributed by atoms with Gasteiger partial charge in [-0.1, -0.05) is 47.7 Å². The fourth-order valence-electron chi connectivity index (χ4n) is 3.24. The quantitative estimate of drug-likeness (QED) is 0.473. The van der Waals surface area contributed by atoms with Crippen LogP contribution in [0.15, 0.2) is 83.1 Å². The van der Waals surface area contributed by atoms with E-state index in [0.717, 1.165) is 27.3 Å². The second-order valence-corrected chi connectivity index (χ2v) is 7.25. The number of nitrogens with zero attached hydrogens (tertiary/aromatic N) is 5. The summed E-state index contributed by atoms with van der Waals surface area (Å²) >= 11 is 1.61. The second-order valence-electron chi connectivity index (χ2n) is 6.31. The fraction of sp³-hybridized carbons (Fsp3) is 0.0476. The van der Waals surface area contributed by atoms with Crippen LogP contribution in [-0.4, -0.2) is 24.8 Å². The monoisotopic (exact) mass is 385 g/mol. The number of hydrogen-bond donors (Lipinski definition) is 0. The molecule has 28 heavy (non-hydrogen) atoms. The van der Waals surface area contributed by atoms with E-state index in [1.165, 1.54) is 4.68 Å². The molecule has 0 atom stereocenters. The third-order valence-electron chi connectivity index (χ3n) is 4.55. The lowest BCUT2D eigenvalue weighted by Gasteiger charge is -2.11. The Balaban J connectivity index is 1.66. The van der Waals surface area contributed by atoms with Crippen LogP contribution in [0.25, 0.3) is 27.0 Å². The average Bonchev–Trinajstić information content (AvgIpc) is 3.43. The van der Waals surface area contributed by atoms with Crippen molar-refractivity contribution in [3.05, 3.63) is 94.4 Å². The van der Waals surface area contributed by atoms with Gasteiger partial charge in [0.2, 0.25) is 0 Å². The molecule has 0 radical (unpaired) electrons. The van der Waals surface area contributed by atoms with Gasteiger partial charge in [-0.15, -0.1) is 16.4 Å². The molecule has 2 aromatic carbocycles. The third kappa shape index (κ3) is 2.82. The summed E-state index contributed by atoms with van der Waals surface area (Å²) in [6.45, 7) is 0.282. The predicted octanol–water partition coefficient (Wildman–Crippen LogP) is 3.75. The van der Waals surface area contributed by atoms with Crippen molar-refractivity contribution in [3.8, 4) is 16.3 Å². The number of thiophene rings is 1. The number of fused-ring (bicyclic) bond motifs is 1. The van der Waals surface area contributed by atoms with Crippen molar-refractivity contribution in [3.63, 3.8) is 0 Å². The lowest BCUT2D eigenvalue weighted by Crippen LogP contribution is -2.25. The smallest absolute Gasteiger partial charge is 0.267 e. The first-order valence-electron chi connectivity index (χ1n) is 8.80. The molecule has 0 amide bonds. The molecule has 0 N–H and O–H groups in total. The van der Waals surface area contributed by atoms with Gasteiger partial charge in [-0.25, -0.2) is 9.36 Å². The van der Waals surface area contributed by atoms with Crippen LogP contribution in [0, 0.1) is 0 Å². The first kappa shape index (κ1) is 16.6. The van der Waals surface area contributed by atoms with E-state index >= 15 is 0 Å². The molecule has 5 rings (SSSR count). The van der Waals surface area contributed by atoms with Gasteiger partial charge in [-0.05, 0) is 29.6 Å². The van der Waals surface area contributed by atoms with E-state index in [4.69, 9.17) is 5.10 Å². The zero-order valence-electron chi connectivity index (χ0n) is 14.8. The van der Waals surface area contributed by atoms with E-state index in [2.05, 4.69) is 10.3 Å². The van der Waals surface area contributed by atoms with Crippen molar-refractivity contribution < 1.29 is 0 Å². The lowest BCUT2D eigenvalue weighted by atomic mass is 10.1. The number of benzene rings is 2. The fourth-order valence-corrected chi connectivity index (χ4v) is 3.97. The Morgan fingerprint density at radius 2 is 1.68 bits per heavy atom. The van der Waals surface area contributed by atoms with Gasteiger partial charge in [0.25, 0.3) is 5.56 Å². The molecule has 6 nitrogen and oxygen atoms in total. The van der Waals surface area contributed by atoms with Crippen LogP contribution in [0.2, 0.25) is 0 Å². The van der Waals surface area contributed by atoms with Crippen molar-refractivity contribution in [2.24, 2.45) is 0 Å². The van der Waals surface area contributed by atoms with Gasteiger partial charge < -0.3 is 0 Å². The predicted molar refractivity (Wildman–Crippen MR) is 110 cm³/mol. The van der Waals surface area contributed by atoms with E-state index in [9.17, 15) is 4.79 Å². The molecule has 0 unspecified atom stereocenters. The number of aromatic nitrogens is 5. The van der Waals surface area contributed by atoms with Crippen molar-refractivity contribution >= 4 is 22.1 Å². The molecule has 3 heterocycles. The molecule has 3 aromatic heterocycles. The standard InChI is InChI=1S/C21H15N5OS/c27-21-18-10-5-4-9-17(18)20(19-11-6-12-28-19)23-25(21)14-16-13-22-24-26(16)15-7-2-1-3-8-15/h1-13H,14H2. The number of hydrogen-bond acceptors (Lipinski definition) is 5. The maximum Gasteiger partial charge on any atom is 0.275 e. The first-order chi connectivity index (χ1) is 13.8. The van der Waals surface area contributed by atoms with Gasteiger partial charge in [0.1, 0.15) is 5.69 Å². The average molecular weight is 385 g/mol. The maximum absolute atomic E-state index is 13.1. The van der Waals surface area contributed by atoms with Gasteiger partial charge >= 0.3 is 0 Å². The van der Waals surface area contributed by atoms with Gasteiger partial charge in [0, 0.05) is 5.39 Å². The minimum absolute atomic E-state index is 0.128. The van der Waals surface area contributed by atoms with Crippen LogP contribution in [0.3, 0.4) is 0 Å². The van der Waals surface area contributed by atoms with Crippen LogP contribution in [0.5, 0.6) is 0 Å². The van der Waals surface area contributed by atoms with Gasteiger partial charge in [0.15, 0.2) is 0 Å². The lowest BCUT2D eigenvalue weighted by molar-refractivity contribution is 0.618. The molecule has 136 valence electrons. The Bertz CT molecular complexity index is 1310. The normalized spacial score (nSPS) is 11.1. The van der Waals surface area contributed by atoms with Crippen LogP contribution < -0.4 is 5.56 Å². The molecule has 5 aromatic rings. The van der Waals surface area contributed by atoms with Gasteiger partial charge in [-0.2, -0.15) is 5.10 Å². The van der Waals surface area contributed by atoms with Crippen LogP contribution in [0.1, 0.15) is 5.69 Å². The summed E-state index contributed by atoms with van der Waals surface area (Å²) in [5.74, 6) is 0. The molecule has 0 aliphatic carbocycles. The van der Waals surface area contributed by atoms with Gasteiger partial charge in [0.05, 0.1) is 34.4 Å². The topological polar surface area (TPSA) is 65.6 Å². The molecule has 0 saturated carbocycles. The van der Waals surface area contributed by atoms with Crippen LogP contribution in [-0.2, 0) is 6.54 Å². The molecule has 0 spiro atoms. The van der Waals surface area contributed by atoms with Crippen molar-refractivity contribution in [2.75, 3.05) is 0 Å². The third-order valence-corrected chi connectivity index (χ3v) is 5.43. The van der Waals surface area contributed by atoms with Crippen molar-refractivity contribution in [1.82, 2.24) is 24.8 Å². The molecule has 0 aliphatic rings. The molecule has 0 bridgehead atoms. The summed E-state index contributed by atoms with van der Waals surface area (Å²) in [7, 11) is 0. The summed E-state index contributed by atoms with van der Waals surface area (Å²) in [5.41, 5.74) is 2.36. The molecule has 0 fully saturated rings. The Labute approximate surface area is 164 Å². The van der Waals surface area contributed by atoms with E-state index < -0.39 is 0 Å². The second kappa shape index (κ2) is 6.86. The Hall–Kier alpha value is -3.58. The molecular weight excluding hydrogens is 370 g/mol. The summed E-state index contributed by atoms with van der Waals surface area (Å²) in [4.78, 5) is 14.1. The molecule has 7 heteroatoms. The Kier molecular flexibility index (Phi) is 4.06. The van der Waals surface area contributed by atoms with Crippen molar-refractivity contribution in [2.45, 2.75) is 6.54 Å². The zero-order chi connectivity index (χ0) is 18.9. The maximum atomic E-state index is 13.1. The molecule has 0 aliphatic heterocycles. The summed E-state index contributed by atoms with van der Waals surface area (Å²) in [6, 6.07) is 21.3. The van der Waals surface area contributed by atoms with Gasteiger partial charge in [-0.3, -0.25) is 4.79 Å². The van der Waals surface area contributed by atoms with Crippen LogP contribution >= 0.6 is 11.3 Å². The van der Waals surface area contributed by atoms with Crippen molar-refractivity contribution in [1.29, 1.82) is 0 Å².